The molecule has 0 radical (unpaired) electrons. The maximum Gasteiger partial charge on any atom is 0.323 e. The maximum absolute atomic E-state index is 12.0. The van der Waals surface area contributed by atoms with Gasteiger partial charge in [-0.2, -0.15) is 0 Å². The molecule has 2 aliphatic carbocycles. The summed E-state index contributed by atoms with van der Waals surface area (Å²) in [5.41, 5.74) is -0.0187. The normalized spacial score (nSPS) is 28.3. The third-order valence-corrected chi connectivity index (χ3v) is 3.83. The van der Waals surface area contributed by atoms with E-state index in [-0.39, 0.29) is 5.92 Å². The van der Waals surface area contributed by atoms with Crippen LogP contribution in [0, 0.1) is 17.3 Å². The lowest BCUT2D eigenvalue weighted by atomic mass is 9.85. The molecule has 2 rings (SSSR count). The second-order valence-corrected chi connectivity index (χ2v) is 5.04. The Morgan fingerprint density at radius 3 is 2.39 bits per heavy atom. The number of carbonyl (C=O) groups is 2. The predicted molar refractivity (Wildman–Crippen MR) is 65.6 cm³/mol. The van der Waals surface area contributed by atoms with Crippen molar-refractivity contribution in [1.82, 2.24) is 0 Å². The van der Waals surface area contributed by atoms with Gasteiger partial charge in [-0.25, -0.2) is 0 Å². The molecule has 18 heavy (non-hydrogen) atoms. The highest BCUT2D eigenvalue weighted by molar-refractivity contribution is 6.01. The quantitative estimate of drug-likeness (QED) is 0.426. The van der Waals surface area contributed by atoms with Gasteiger partial charge in [-0.3, -0.25) is 9.59 Å². The second-order valence-electron chi connectivity index (χ2n) is 5.04. The molecule has 0 aromatic heterocycles. The molecule has 1 saturated carbocycles. The van der Waals surface area contributed by atoms with Crippen LogP contribution in [-0.2, 0) is 19.1 Å². The zero-order chi connectivity index (χ0) is 13.3. The summed E-state index contributed by atoms with van der Waals surface area (Å²) in [5, 5.41) is 0. The molecule has 2 aliphatic rings. The number of rotatable bonds is 2. The van der Waals surface area contributed by atoms with E-state index in [1.807, 2.05) is 0 Å². The third kappa shape index (κ3) is 1.85. The lowest BCUT2D eigenvalue weighted by Gasteiger charge is -2.22. The summed E-state index contributed by atoms with van der Waals surface area (Å²) >= 11 is 0. The van der Waals surface area contributed by atoms with E-state index in [1.54, 1.807) is 0 Å². The predicted octanol–water partition coefficient (Wildman–Crippen LogP) is 1.86. The summed E-state index contributed by atoms with van der Waals surface area (Å²) in [6.07, 6.45) is 7.15. The minimum atomic E-state index is -1.16. The summed E-state index contributed by atoms with van der Waals surface area (Å²) < 4.78 is 9.60. The number of fused-ring (bicyclic) bond motifs is 1. The van der Waals surface area contributed by atoms with Crippen molar-refractivity contribution in [2.24, 2.45) is 17.3 Å². The van der Waals surface area contributed by atoms with E-state index in [9.17, 15) is 9.59 Å². The molecule has 0 bridgehead atoms. The molecular formula is C14H18O4. The van der Waals surface area contributed by atoms with Crippen LogP contribution in [0.2, 0.25) is 0 Å². The van der Waals surface area contributed by atoms with Gasteiger partial charge in [-0.15, -0.1) is 0 Å². The molecule has 0 aromatic carbocycles. The first-order valence-electron chi connectivity index (χ1n) is 6.09. The molecule has 0 aliphatic heterocycles. The highest BCUT2D eigenvalue weighted by Crippen LogP contribution is 2.49. The standard InChI is InChI=1S/C14H18O4/c1-9-4-5-10-7-14(12(15)17-2,13(16)18-3)8-11(10)6-9/h4-6,9-10H,7-8H2,1-3H3/t9-,10-/m1/s1. The molecule has 0 aromatic rings. The number of carbonyl (C=O) groups excluding carboxylic acids is 2. The van der Waals surface area contributed by atoms with Crippen LogP contribution in [0.15, 0.2) is 23.8 Å². The Bertz CT molecular complexity index is 417. The molecule has 98 valence electrons. The molecular weight excluding hydrogens is 232 g/mol. The van der Waals surface area contributed by atoms with Gasteiger partial charge in [0.25, 0.3) is 0 Å². The van der Waals surface area contributed by atoms with E-state index in [2.05, 4.69) is 25.2 Å². The Morgan fingerprint density at radius 2 is 1.83 bits per heavy atom. The monoisotopic (exact) mass is 250 g/mol. The molecule has 2 atom stereocenters. The number of esters is 2. The van der Waals surface area contributed by atoms with E-state index in [0.717, 1.165) is 5.57 Å². The van der Waals surface area contributed by atoms with Crippen LogP contribution in [-0.4, -0.2) is 26.2 Å². The highest BCUT2D eigenvalue weighted by Gasteiger charge is 2.55. The van der Waals surface area contributed by atoms with E-state index in [1.165, 1.54) is 14.2 Å². The Balaban J connectivity index is 2.35. The van der Waals surface area contributed by atoms with Crippen molar-refractivity contribution in [1.29, 1.82) is 0 Å². The van der Waals surface area contributed by atoms with Crippen molar-refractivity contribution in [2.45, 2.75) is 19.8 Å². The Hall–Kier alpha value is -1.58. The average molecular weight is 250 g/mol. The zero-order valence-corrected chi connectivity index (χ0v) is 10.9. The van der Waals surface area contributed by atoms with E-state index in [0.29, 0.717) is 18.8 Å². The van der Waals surface area contributed by atoms with Gasteiger partial charge in [0.2, 0.25) is 0 Å². The molecule has 4 nitrogen and oxygen atoms in total. The van der Waals surface area contributed by atoms with Crippen molar-refractivity contribution in [3.8, 4) is 0 Å². The van der Waals surface area contributed by atoms with Crippen molar-refractivity contribution in [3.63, 3.8) is 0 Å². The van der Waals surface area contributed by atoms with Gasteiger partial charge in [0.15, 0.2) is 5.41 Å². The number of ether oxygens (including phenoxy) is 2. The maximum atomic E-state index is 12.0. The minimum Gasteiger partial charge on any atom is -0.468 e. The highest BCUT2D eigenvalue weighted by atomic mass is 16.5. The van der Waals surface area contributed by atoms with Crippen molar-refractivity contribution in [3.05, 3.63) is 23.8 Å². The molecule has 0 spiro atoms. The third-order valence-electron chi connectivity index (χ3n) is 3.83. The number of methoxy groups -OCH3 is 2. The van der Waals surface area contributed by atoms with Crippen LogP contribution in [0.4, 0.5) is 0 Å². The molecule has 0 unspecified atom stereocenters. The van der Waals surface area contributed by atoms with Crippen molar-refractivity contribution < 1.29 is 19.1 Å². The largest absolute Gasteiger partial charge is 0.468 e. The summed E-state index contributed by atoms with van der Waals surface area (Å²) in [6.45, 7) is 2.08. The van der Waals surface area contributed by atoms with Gasteiger partial charge in [-0.1, -0.05) is 30.7 Å². The second kappa shape index (κ2) is 4.59. The fourth-order valence-electron chi connectivity index (χ4n) is 2.92. The topological polar surface area (TPSA) is 52.6 Å². The van der Waals surface area contributed by atoms with Crippen LogP contribution < -0.4 is 0 Å². The van der Waals surface area contributed by atoms with Gasteiger partial charge < -0.3 is 9.47 Å². The smallest absolute Gasteiger partial charge is 0.323 e. The Kier molecular flexibility index (Phi) is 3.28. The van der Waals surface area contributed by atoms with E-state index >= 15 is 0 Å². The summed E-state index contributed by atoms with van der Waals surface area (Å²) in [5.74, 6) is -0.488. The summed E-state index contributed by atoms with van der Waals surface area (Å²) in [4.78, 5) is 24.0. The lowest BCUT2D eigenvalue weighted by Crippen LogP contribution is -2.39. The minimum absolute atomic E-state index is 0.152. The van der Waals surface area contributed by atoms with Gasteiger partial charge in [0.1, 0.15) is 0 Å². The van der Waals surface area contributed by atoms with Crippen LogP contribution in [0.3, 0.4) is 0 Å². The van der Waals surface area contributed by atoms with Gasteiger partial charge in [0.05, 0.1) is 14.2 Å². The first-order chi connectivity index (χ1) is 8.53. The summed E-state index contributed by atoms with van der Waals surface area (Å²) in [6, 6.07) is 0. The van der Waals surface area contributed by atoms with Gasteiger partial charge in [0, 0.05) is 0 Å². The fraction of sp³-hybridized carbons (Fsp3) is 0.571. The zero-order valence-electron chi connectivity index (χ0n) is 10.9. The average Bonchev–Trinajstić information content (AvgIpc) is 2.76. The van der Waals surface area contributed by atoms with Crippen LogP contribution in [0.5, 0.6) is 0 Å². The number of hydrogen-bond acceptors (Lipinski definition) is 4. The van der Waals surface area contributed by atoms with Crippen LogP contribution >= 0.6 is 0 Å². The Labute approximate surface area is 107 Å². The van der Waals surface area contributed by atoms with Crippen molar-refractivity contribution >= 4 is 11.9 Å². The molecule has 0 N–H and O–H groups in total. The molecule has 1 fully saturated rings. The van der Waals surface area contributed by atoms with Gasteiger partial charge in [-0.05, 0) is 24.7 Å². The fourth-order valence-corrected chi connectivity index (χ4v) is 2.92. The van der Waals surface area contributed by atoms with Crippen LogP contribution in [0.1, 0.15) is 19.8 Å². The van der Waals surface area contributed by atoms with Crippen LogP contribution in [0.25, 0.3) is 0 Å². The Morgan fingerprint density at radius 1 is 1.22 bits per heavy atom. The van der Waals surface area contributed by atoms with Gasteiger partial charge >= 0.3 is 11.9 Å². The molecule has 0 heterocycles. The lowest BCUT2D eigenvalue weighted by molar-refractivity contribution is -0.168. The SMILES string of the molecule is COC(=O)C1(C(=O)OC)CC2=C[C@H](C)C=C[C@@H]2C1. The van der Waals surface area contributed by atoms with Crippen molar-refractivity contribution in [2.75, 3.05) is 14.2 Å². The van der Waals surface area contributed by atoms with E-state index in [4.69, 9.17) is 9.47 Å². The molecule has 0 saturated heterocycles. The summed E-state index contributed by atoms with van der Waals surface area (Å²) in [7, 11) is 2.61. The number of allylic oxidation sites excluding steroid dienone is 4. The first-order valence-corrected chi connectivity index (χ1v) is 6.09. The molecule has 0 amide bonds. The van der Waals surface area contributed by atoms with E-state index < -0.39 is 17.4 Å². The molecule has 4 heteroatoms. The number of hydrogen-bond donors (Lipinski definition) is 0. The first kappa shape index (κ1) is 12.9.